The predicted molar refractivity (Wildman–Crippen MR) is 106 cm³/mol. The standard InChI is InChI=1S/C20H19N5O2S/c1-23-16(4-8-22-23)19(27)24-9-6-20(12-24)13-25(15-3-2-7-21-17(15)20)18(26)14-5-10-28-11-14/h2-5,7-8,10-11H,6,9,12-13H2,1H3/t20-/m1/s1. The van der Waals surface area contributed by atoms with E-state index in [2.05, 4.69) is 10.1 Å². The van der Waals surface area contributed by atoms with Gasteiger partial charge in [0.2, 0.25) is 0 Å². The van der Waals surface area contributed by atoms with Crippen LogP contribution in [0.15, 0.2) is 47.4 Å². The summed E-state index contributed by atoms with van der Waals surface area (Å²) in [4.78, 5) is 34.3. The van der Waals surface area contributed by atoms with Crippen molar-refractivity contribution in [3.05, 3.63) is 64.4 Å². The topological polar surface area (TPSA) is 71.3 Å². The van der Waals surface area contributed by atoms with E-state index in [0.717, 1.165) is 17.8 Å². The highest BCUT2D eigenvalue weighted by Crippen LogP contribution is 2.45. The van der Waals surface area contributed by atoms with Crippen molar-refractivity contribution in [3.63, 3.8) is 0 Å². The van der Waals surface area contributed by atoms with Crippen molar-refractivity contribution in [2.75, 3.05) is 24.5 Å². The Kier molecular flexibility index (Phi) is 3.83. The van der Waals surface area contributed by atoms with E-state index < -0.39 is 0 Å². The highest BCUT2D eigenvalue weighted by Gasteiger charge is 2.51. The average molecular weight is 393 g/mol. The Hall–Kier alpha value is -3.00. The fourth-order valence-corrected chi connectivity index (χ4v) is 4.95. The number of nitrogens with zero attached hydrogens (tertiary/aromatic N) is 5. The van der Waals surface area contributed by atoms with E-state index in [9.17, 15) is 9.59 Å². The van der Waals surface area contributed by atoms with Crippen LogP contribution >= 0.6 is 11.3 Å². The number of thiophene rings is 1. The van der Waals surface area contributed by atoms with Crippen molar-refractivity contribution in [3.8, 4) is 0 Å². The molecule has 3 aromatic rings. The van der Waals surface area contributed by atoms with E-state index in [4.69, 9.17) is 0 Å². The molecule has 1 atom stereocenters. The van der Waals surface area contributed by atoms with Crippen LogP contribution in [0.5, 0.6) is 0 Å². The predicted octanol–water partition coefficient (Wildman–Crippen LogP) is 2.32. The fraction of sp³-hybridized carbons (Fsp3) is 0.300. The van der Waals surface area contributed by atoms with Gasteiger partial charge in [-0.15, -0.1) is 0 Å². The Morgan fingerprint density at radius 2 is 2.04 bits per heavy atom. The second-order valence-electron chi connectivity index (χ2n) is 7.37. The molecule has 8 heteroatoms. The molecule has 1 fully saturated rings. The Balaban J connectivity index is 1.47. The molecule has 0 unspecified atom stereocenters. The van der Waals surface area contributed by atoms with Gasteiger partial charge in [0, 0.05) is 44.5 Å². The van der Waals surface area contributed by atoms with Crippen LogP contribution in [0.25, 0.3) is 0 Å². The first kappa shape index (κ1) is 17.1. The minimum absolute atomic E-state index is 0.0104. The normalized spacial score (nSPS) is 20.8. The van der Waals surface area contributed by atoms with Gasteiger partial charge in [-0.25, -0.2) is 0 Å². The molecule has 0 saturated carbocycles. The molecule has 1 saturated heterocycles. The zero-order valence-corrected chi connectivity index (χ0v) is 16.2. The van der Waals surface area contributed by atoms with Crippen LogP contribution in [-0.2, 0) is 12.5 Å². The van der Waals surface area contributed by atoms with Gasteiger partial charge < -0.3 is 9.80 Å². The highest BCUT2D eigenvalue weighted by atomic mass is 32.1. The second-order valence-corrected chi connectivity index (χ2v) is 8.15. The maximum atomic E-state index is 13.1. The first-order chi connectivity index (χ1) is 13.6. The first-order valence-corrected chi connectivity index (χ1v) is 10.1. The van der Waals surface area contributed by atoms with Gasteiger partial charge in [0.1, 0.15) is 5.69 Å². The van der Waals surface area contributed by atoms with Gasteiger partial charge >= 0.3 is 0 Å². The number of hydrogen-bond donors (Lipinski definition) is 0. The molecule has 2 amide bonds. The van der Waals surface area contributed by atoms with Crippen molar-refractivity contribution in [2.45, 2.75) is 11.8 Å². The summed E-state index contributed by atoms with van der Waals surface area (Å²) >= 11 is 1.51. The Labute approximate surface area is 166 Å². The van der Waals surface area contributed by atoms with Crippen molar-refractivity contribution in [1.82, 2.24) is 19.7 Å². The molecule has 2 aliphatic rings. The van der Waals surface area contributed by atoms with Gasteiger partial charge in [0.05, 0.1) is 22.4 Å². The third-order valence-corrected chi connectivity index (χ3v) is 6.42. The van der Waals surface area contributed by atoms with Crippen LogP contribution in [0.3, 0.4) is 0 Å². The van der Waals surface area contributed by atoms with Gasteiger partial charge in [-0.2, -0.15) is 16.4 Å². The minimum Gasteiger partial charge on any atom is -0.336 e. The Morgan fingerprint density at radius 3 is 2.79 bits per heavy atom. The summed E-state index contributed by atoms with van der Waals surface area (Å²) in [6.07, 6.45) is 4.19. The van der Waals surface area contributed by atoms with E-state index >= 15 is 0 Å². The molecule has 0 bridgehead atoms. The number of carbonyl (C=O) groups excluding carboxylic acids is 2. The average Bonchev–Trinajstić information content (AvgIpc) is 3.49. The largest absolute Gasteiger partial charge is 0.336 e. The molecule has 0 aliphatic carbocycles. The monoisotopic (exact) mass is 393 g/mol. The summed E-state index contributed by atoms with van der Waals surface area (Å²) in [7, 11) is 1.77. The number of carbonyl (C=O) groups is 2. The third-order valence-electron chi connectivity index (χ3n) is 5.73. The van der Waals surface area contributed by atoms with Crippen LogP contribution in [-0.4, -0.2) is 51.1 Å². The molecule has 1 spiro atoms. The van der Waals surface area contributed by atoms with Crippen LogP contribution < -0.4 is 4.90 Å². The van der Waals surface area contributed by atoms with E-state index in [-0.39, 0.29) is 17.2 Å². The lowest BCUT2D eigenvalue weighted by Gasteiger charge is -2.25. The minimum atomic E-state index is -0.323. The number of amides is 2. The quantitative estimate of drug-likeness (QED) is 0.670. The van der Waals surface area contributed by atoms with Gasteiger partial charge in [-0.05, 0) is 36.1 Å². The number of likely N-dealkylation sites (tertiary alicyclic amines) is 1. The number of anilines is 1. The van der Waals surface area contributed by atoms with Crippen molar-refractivity contribution >= 4 is 28.8 Å². The molecule has 5 heterocycles. The molecule has 2 aliphatic heterocycles. The van der Waals surface area contributed by atoms with E-state index in [0.29, 0.717) is 30.9 Å². The molecule has 0 aromatic carbocycles. The van der Waals surface area contributed by atoms with Crippen LogP contribution in [0.1, 0.15) is 33.0 Å². The summed E-state index contributed by atoms with van der Waals surface area (Å²) in [5.74, 6) is -0.0410. The zero-order valence-electron chi connectivity index (χ0n) is 15.4. The first-order valence-electron chi connectivity index (χ1n) is 9.16. The van der Waals surface area contributed by atoms with Gasteiger partial charge in [-0.3, -0.25) is 19.3 Å². The maximum Gasteiger partial charge on any atom is 0.272 e. The summed E-state index contributed by atoms with van der Waals surface area (Å²) in [5, 5.41) is 7.88. The maximum absolute atomic E-state index is 13.1. The highest BCUT2D eigenvalue weighted by molar-refractivity contribution is 7.08. The van der Waals surface area contributed by atoms with Crippen LogP contribution in [0, 0.1) is 0 Å². The molecule has 7 nitrogen and oxygen atoms in total. The number of hydrogen-bond acceptors (Lipinski definition) is 5. The Bertz CT molecular complexity index is 1060. The lowest BCUT2D eigenvalue weighted by atomic mass is 9.85. The van der Waals surface area contributed by atoms with E-state index in [1.165, 1.54) is 11.3 Å². The molecule has 0 radical (unpaired) electrons. The fourth-order valence-electron chi connectivity index (χ4n) is 4.32. The molecule has 28 heavy (non-hydrogen) atoms. The number of fused-ring (bicyclic) bond motifs is 2. The number of pyridine rings is 1. The summed E-state index contributed by atoms with van der Waals surface area (Å²) < 4.78 is 1.60. The molecular formula is C20H19N5O2S. The summed E-state index contributed by atoms with van der Waals surface area (Å²) in [6, 6.07) is 7.40. The molecule has 3 aromatic heterocycles. The van der Waals surface area contributed by atoms with Gasteiger partial charge in [0.25, 0.3) is 11.8 Å². The SMILES string of the molecule is Cn1nccc1C(=O)N1CC[C@@]2(C1)CN(C(=O)c1ccsc1)c1cccnc12. The molecule has 5 rings (SSSR count). The third kappa shape index (κ3) is 2.48. The lowest BCUT2D eigenvalue weighted by Crippen LogP contribution is -2.40. The second kappa shape index (κ2) is 6.27. The lowest BCUT2D eigenvalue weighted by molar-refractivity contribution is 0.0773. The van der Waals surface area contributed by atoms with Crippen molar-refractivity contribution in [2.24, 2.45) is 7.05 Å². The van der Waals surface area contributed by atoms with Gasteiger partial charge in [0.15, 0.2) is 0 Å². The zero-order chi connectivity index (χ0) is 19.3. The number of aryl methyl sites for hydroxylation is 1. The molecule has 0 N–H and O–H groups in total. The molecule has 142 valence electrons. The molecular weight excluding hydrogens is 374 g/mol. The smallest absolute Gasteiger partial charge is 0.272 e. The van der Waals surface area contributed by atoms with Crippen molar-refractivity contribution < 1.29 is 9.59 Å². The van der Waals surface area contributed by atoms with Crippen LogP contribution in [0.2, 0.25) is 0 Å². The van der Waals surface area contributed by atoms with Crippen LogP contribution in [0.4, 0.5) is 5.69 Å². The number of rotatable bonds is 2. The van der Waals surface area contributed by atoms with E-state index in [1.807, 2.05) is 38.8 Å². The Morgan fingerprint density at radius 1 is 1.14 bits per heavy atom. The summed E-state index contributed by atoms with van der Waals surface area (Å²) in [5.41, 5.74) is 2.71. The summed E-state index contributed by atoms with van der Waals surface area (Å²) in [6.45, 7) is 1.73. The number of aromatic nitrogens is 3. The van der Waals surface area contributed by atoms with Crippen molar-refractivity contribution in [1.29, 1.82) is 0 Å². The van der Waals surface area contributed by atoms with Gasteiger partial charge in [-0.1, -0.05) is 0 Å². The van der Waals surface area contributed by atoms with E-state index in [1.54, 1.807) is 30.2 Å².